The van der Waals surface area contributed by atoms with E-state index in [0.29, 0.717) is 18.8 Å². The highest BCUT2D eigenvalue weighted by atomic mass is 16.5. The summed E-state index contributed by atoms with van der Waals surface area (Å²) in [6.07, 6.45) is 0.692. The SMILES string of the molecule is COC(=O)[C@@H](Cc1cccc(OCc2ccccc2)c1)NC(=O)[C@H](CC(C)C)NC(C)=O. The predicted molar refractivity (Wildman–Crippen MR) is 122 cm³/mol. The Morgan fingerprint density at radius 2 is 1.59 bits per heavy atom. The summed E-state index contributed by atoms with van der Waals surface area (Å²) in [6.45, 7) is 5.70. The van der Waals surface area contributed by atoms with Crippen molar-refractivity contribution in [2.75, 3.05) is 7.11 Å². The van der Waals surface area contributed by atoms with Crippen molar-refractivity contribution in [3.05, 3.63) is 65.7 Å². The van der Waals surface area contributed by atoms with Crippen molar-refractivity contribution >= 4 is 17.8 Å². The van der Waals surface area contributed by atoms with Gasteiger partial charge in [0.1, 0.15) is 24.4 Å². The van der Waals surface area contributed by atoms with E-state index >= 15 is 0 Å². The molecule has 172 valence electrons. The molecule has 2 rings (SSSR count). The Hall–Kier alpha value is -3.35. The number of rotatable bonds is 11. The Labute approximate surface area is 189 Å². The fourth-order valence-electron chi connectivity index (χ4n) is 3.29. The van der Waals surface area contributed by atoms with Gasteiger partial charge in [-0.1, -0.05) is 56.3 Å². The third-order valence-electron chi connectivity index (χ3n) is 4.79. The minimum absolute atomic E-state index is 0.188. The molecule has 0 saturated heterocycles. The van der Waals surface area contributed by atoms with Crippen LogP contribution in [0.1, 0.15) is 38.3 Å². The lowest BCUT2D eigenvalue weighted by atomic mass is 10.0. The molecule has 7 heteroatoms. The first-order valence-electron chi connectivity index (χ1n) is 10.7. The number of methoxy groups -OCH3 is 1. The Morgan fingerprint density at radius 3 is 2.22 bits per heavy atom. The largest absolute Gasteiger partial charge is 0.489 e. The standard InChI is InChI=1S/C25H32N2O5/c1-17(2)13-22(26-18(3)28)24(29)27-23(25(30)31-4)15-20-11-8-12-21(14-20)32-16-19-9-6-5-7-10-19/h5-12,14,17,22-23H,13,15-16H2,1-4H3,(H,26,28)(H,27,29)/t22-,23+/m0/s1. The van der Waals surface area contributed by atoms with Crippen LogP contribution in [-0.2, 0) is 32.1 Å². The third kappa shape index (κ3) is 8.41. The van der Waals surface area contributed by atoms with Crippen LogP contribution in [0, 0.1) is 5.92 Å². The molecule has 2 atom stereocenters. The van der Waals surface area contributed by atoms with Crippen molar-refractivity contribution in [2.45, 2.75) is 52.3 Å². The number of benzene rings is 2. The van der Waals surface area contributed by atoms with E-state index in [1.165, 1.54) is 14.0 Å². The summed E-state index contributed by atoms with van der Waals surface area (Å²) < 4.78 is 10.7. The zero-order chi connectivity index (χ0) is 23.5. The quantitative estimate of drug-likeness (QED) is 0.524. The van der Waals surface area contributed by atoms with Gasteiger partial charge >= 0.3 is 5.97 Å². The minimum atomic E-state index is -0.889. The fourth-order valence-corrected chi connectivity index (χ4v) is 3.29. The number of hydrogen-bond donors (Lipinski definition) is 2. The molecule has 0 bridgehead atoms. The van der Waals surface area contributed by atoms with Gasteiger partial charge in [0.15, 0.2) is 0 Å². The predicted octanol–water partition coefficient (Wildman–Crippen LogP) is 3.02. The van der Waals surface area contributed by atoms with Crippen LogP contribution < -0.4 is 15.4 Å². The molecular formula is C25H32N2O5. The molecule has 0 saturated carbocycles. The molecule has 0 aliphatic carbocycles. The first kappa shape index (κ1) is 24.9. The Kier molecular flexibility index (Phi) is 9.73. The molecule has 2 aromatic rings. The Balaban J connectivity index is 2.08. The van der Waals surface area contributed by atoms with Crippen molar-refractivity contribution < 1.29 is 23.9 Å². The number of carbonyl (C=O) groups excluding carboxylic acids is 3. The summed E-state index contributed by atoms with van der Waals surface area (Å²) in [5, 5.41) is 5.39. The molecule has 0 aliphatic rings. The van der Waals surface area contributed by atoms with Crippen LogP contribution in [0.4, 0.5) is 0 Å². The molecule has 2 aromatic carbocycles. The van der Waals surface area contributed by atoms with Crippen LogP contribution in [0.3, 0.4) is 0 Å². The second-order valence-electron chi connectivity index (χ2n) is 8.09. The molecule has 2 N–H and O–H groups in total. The lowest BCUT2D eigenvalue weighted by Gasteiger charge is -2.23. The highest BCUT2D eigenvalue weighted by Crippen LogP contribution is 2.17. The molecule has 0 aromatic heterocycles. The van der Waals surface area contributed by atoms with Crippen LogP contribution in [-0.4, -0.2) is 37.0 Å². The summed E-state index contributed by atoms with van der Waals surface area (Å²) >= 11 is 0. The van der Waals surface area contributed by atoms with E-state index < -0.39 is 24.0 Å². The maximum atomic E-state index is 12.8. The zero-order valence-electron chi connectivity index (χ0n) is 19.1. The maximum absolute atomic E-state index is 12.8. The zero-order valence-corrected chi connectivity index (χ0v) is 19.1. The monoisotopic (exact) mass is 440 g/mol. The molecule has 0 heterocycles. The third-order valence-corrected chi connectivity index (χ3v) is 4.79. The van der Waals surface area contributed by atoms with Crippen LogP contribution in [0.25, 0.3) is 0 Å². The van der Waals surface area contributed by atoms with Crippen LogP contribution >= 0.6 is 0 Å². The molecule has 0 radical (unpaired) electrons. The van der Waals surface area contributed by atoms with E-state index in [1.54, 1.807) is 0 Å². The summed E-state index contributed by atoms with van der Waals surface area (Å²) in [6, 6.07) is 15.6. The average molecular weight is 441 g/mol. The van der Waals surface area contributed by atoms with Crippen LogP contribution in [0.5, 0.6) is 5.75 Å². The second-order valence-corrected chi connectivity index (χ2v) is 8.09. The van der Waals surface area contributed by atoms with Gasteiger partial charge < -0.3 is 20.1 Å². The van der Waals surface area contributed by atoms with Gasteiger partial charge in [-0.05, 0) is 35.6 Å². The van der Waals surface area contributed by atoms with Crippen molar-refractivity contribution in [1.29, 1.82) is 0 Å². The summed E-state index contributed by atoms with van der Waals surface area (Å²) in [5.74, 6) is -0.422. The Bertz CT molecular complexity index is 898. The van der Waals surface area contributed by atoms with E-state index in [9.17, 15) is 14.4 Å². The number of carbonyl (C=O) groups is 3. The molecule has 0 unspecified atom stereocenters. The van der Waals surface area contributed by atoms with Gasteiger partial charge in [0.25, 0.3) is 0 Å². The van der Waals surface area contributed by atoms with Gasteiger partial charge in [-0.25, -0.2) is 4.79 Å². The molecule has 7 nitrogen and oxygen atoms in total. The average Bonchev–Trinajstić information content (AvgIpc) is 2.76. The van der Waals surface area contributed by atoms with Crippen molar-refractivity contribution in [2.24, 2.45) is 5.92 Å². The molecule has 32 heavy (non-hydrogen) atoms. The van der Waals surface area contributed by atoms with E-state index in [4.69, 9.17) is 9.47 Å². The van der Waals surface area contributed by atoms with Crippen molar-refractivity contribution in [3.63, 3.8) is 0 Å². The van der Waals surface area contributed by atoms with Gasteiger partial charge in [-0.2, -0.15) is 0 Å². The smallest absolute Gasteiger partial charge is 0.328 e. The van der Waals surface area contributed by atoms with E-state index in [-0.39, 0.29) is 18.2 Å². The molecule has 0 spiro atoms. The van der Waals surface area contributed by atoms with Gasteiger partial charge in [0, 0.05) is 13.3 Å². The van der Waals surface area contributed by atoms with Gasteiger partial charge in [0.2, 0.25) is 11.8 Å². The number of nitrogens with one attached hydrogen (secondary N) is 2. The summed E-state index contributed by atoms with van der Waals surface area (Å²) in [7, 11) is 1.28. The second kappa shape index (κ2) is 12.5. The van der Waals surface area contributed by atoms with E-state index in [0.717, 1.165) is 11.1 Å². The van der Waals surface area contributed by atoms with Gasteiger partial charge in [-0.15, -0.1) is 0 Å². The molecule has 2 amide bonds. The van der Waals surface area contributed by atoms with Gasteiger partial charge in [0.05, 0.1) is 7.11 Å². The van der Waals surface area contributed by atoms with E-state index in [1.807, 2.05) is 68.4 Å². The lowest BCUT2D eigenvalue weighted by molar-refractivity contribution is -0.145. The van der Waals surface area contributed by atoms with Crippen LogP contribution in [0.2, 0.25) is 0 Å². The molecule has 0 aliphatic heterocycles. The topological polar surface area (TPSA) is 93.7 Å². The van der Waals surface area contributed by atoms with Crippen molar-refractivity contribution in [3.8, 4) is 5.75 Å². The minimum Gasteiger partial charge on any atom is -0.489 e. The summed E-state index contributed by atoms with van der Waals surface area (Å²) in [4.78, 5) is 36.7. The van der Waals surface area contributed by atoms with Gasteiger partial charge in [-0.3, -0.25) is 9.59 Å². The first-order chi connectivity index (χ1) is 15.3. The van der Waals surface area contributed by atoms with Crippen molar-refractivity contribution in [1.82, 2.24) is 10.6 Å². The summed E-state index contributed by atoms with van der Waals surface area (Å²) in [5.41, 5.74) is 1.86. The maximum Gasteiger partial charge on any atom is 0.328 e. The van der Waals surface area contributed by atoms with Crippen LogP contribution in [0.15, 0.2) is 54.6 Å². The number of hydrogen-bond acceptors (Lipinski definition) is 5. The number of esters is 1. The molecular weight excluding hydrogens is 408 g/mol. The Morgan fingerprint density at radius 1 is 0.906 bits per heavy atom. The first-order valence-corrected chi connectivity index (χ1v) is 10.7. The highest BCUT2D eigenvalue weighted by Gasteiger charge is 2.27. The lowest BCUT2D eigenvalue weighted by Crippen LogP contribution is -2.52. The highest BCUT2D eigenvalue weighted by molar-refractivity contribution is 5.90. The molecule has 0 fully saturated rings. The fraction of sp³-hybridized carbons (Fsp3) is 0.400. The number of ether oxygens (including phenoxy) is 2. The normalized spacial score (nSPS) is 12.5. The number of amides is 2. The van der Waals surface area contributed by atoms with E-state index in [2.05, 4.69) is 10.6 Å².